The highest BCUT2D eigenvalue weighted by Crippen LogP contribution is 2.41. The zero-order chi connectivity index (χ0) is 25.4. The summed E-state index contributed by atoms with van der Waals surface area (Å²) in [6.45, 7) is 2.46. The molecule has 1 unspecified atom stereocenters. The summed E-state index contributed by atoms with van der Waals surface area (Å²) in [6.07, 6.45) is -4.97. The van der Waals surface area contributed by atoms with E-state index in [2.05, 4.69) is 0 Å². The first-order chi connectivity index (χ1) is 17.3. The quantitative estimate of drug-likeness (QED) is 0.313. The van der Waals surface area contributed by atoms with Gasteiger partial charge in [0.1, 0.15) is 29.6 Å². The van der Waals surface area contributed by atoms with E-state index in [9.17, 15) is 18.0 Å². The van der Waals surface area contributed by atoms with Crippen molar-refractivity contribution in [2.75, 3.05) is 13.8 Å². The van der Waals surface area contributed by atoms with E-state index in [0.717, 1.165) is 5.56 Å². The van der Waals surface area contributed by atoms with Crippen molar-refractivity contribution in [1.29, 1.82) is 0 Å². The summed E-state index contributed by atoms with van der Waals surface area (Å²) in [5.41, 5.74) is 0.310. The highest BCUT2D eigenvalue weighted by atomic mass is 19.4. The molecule has 4 aromatic rings. The molecule has 1 atom stereocenters. The largest absolute Gasteiger partial charge is 0.497 e. The predicted octanol–water partition coefficient (Wildman–Crippen LogP) is 6.53. The first-order valence-electron chi connectivity index (χ1n) is 11.2. The number of fused-ring (bicyclic) bond motifs is 3. The molecule has 36 heavy (non-hydrogen) atoms. The van der Waals surface area contributed by atoms with Gasteiger partial charge in [-0.1, -0.05) is 30.3 Å². The Labute approximate surface area is 204 Å². The van der Waals surface area contributed by atoms with Crippen LogP contribution in [0.3, 0.4) is 0 Å². The Morgan fingerprint density at radius 3 is 2.33 bits per heavy atom. The van der Waals surface area contributed by atoms with Crippen LogP contribution >= 0.6 is 0 Å². The zero-order valence-electron chi connectivity index (χ0n) is 19.5. The fourth-order valence-corrected chi connectivity index (χ4v) is 4.20. The molecular weight excluding hydrogens is 475 g/mol. The van der Waals surface area contributed by atoms with Crippen molar-refractivity contribution in [1.82, 2.24) is 4.90 Å². The zero-order valence-corrected chi connectivity index (χ0v) is 19.5. The number of rotatable bonds is 5. The van der Waals surface area contributed by atoms with Gasteiger partial charge in [0.2, 0.25) is 11.2 Å². The van der Waals surface area contributed by atoms with Crippen LogP contribution in [-0.2, 0) is 12.7 Å². The summed E-state index contributed by atoms with van der Waals surface area (Å²) in [4.78, 5) is 15.2. The smallest absolute Gasteiger partial charge is 0.453 e. The van der Waals surface area contributed by atoms with E-state index in [1.165, 1.54) is 37.4 Å². The third-order valence-corrected chi connectivity index (χ3v) is 6.19. The van der Waals surface area contributed by atoms with E-state index in [-0.39, 0.29) is 36.0 Å². The number of nitrogens with zero attached hydrogens (tertiary/aromatic N) is 1. The minimum absolute atomic E-state index is 0.0249. The SMILES string of the molecule is COc1ccc(Oc2c(C(F)(F)F)oc3c4c(ccc3c2=O)OCN(C(C)c2ccccc2)C4)cc1. The summed E-state index contributed by atoms with van der Waals surface area (Å²) < 4.78 is 63.9. The fourth-order valence-electron chi connectivity index (χ4n) is 4.20. The minimum Gasteiger partial charge on any atom is -0.497 e. The molecule has 186 valence electrons. The van der Waals surface area contributed by atoms with Crippen molar-refractivity contribution in [3.05, 3.63) is 93.8 Å². The van der Waals surface area contributed by atoms with Crippen LogP contribution in [0.15, 0.2) is 75.9 Å². The van der Waals surface area contributed by atoms with Crippen molar-refractivity contribution in [2.24, 2.45) is 0 Å². The molecule has 0 bridgehead atoms. The molecule has 0 aliphatic carbocycles. The van der Waals surface area contributed by atoms with E-state index in [0.29, 0.717) is 17.1 Å². The Balaban J connectivity index is 1.60. The van der Waals surface area contributed by atoms with E-state index in [4.69, 9.17) is 18.6 Å². The first kappa shape index (κ1) is 23.7. The summed E-state index contributed by atoms with van der Waals surface area (Å²) in [7, 11) is 1.46. The molecule has 1 aliphatic heterocycles. The van der Waals surface area contributed by atoms with Gasteiger partial charge >= 0.3 is 6.18 Å². The molecule has 6 nitrogen and oxygen atoms in total. The van der Waals surface area contributed by atoms with Crippen molar-refractivity contribution in [3.8, 4) is 23.0 Å². The second-order valence-corrected chi connectivity index (χ2v) is 8.39. The molecule has 0 fully saturated rings. The first-order valence-corrected chi connectivity index (χ1v) is 11.2. The monoisotopic (exact) mass is 497 g/mol. The van der Waals surface area contributed by atoms with Gasteiger partial charge in [0.25, 0.3) is 5.76 Å². The maximum atomic E-state index is 14.1. The van der Waals surface area contributed by atoms with Crippen LogP contribution in [0.5, 0.6) is 23.0 Å². The summed E-state index contributed by atoms with van der Waals surface area (Å²) in [5.74, 6) is -1.52. The van der Waals surface area contributed by atoms with Crippen LogP contribution in [-0.4, -0.2) is 18.7 Å². The Hall–Kier alpha value is -3.98. The summed E-state index contributed by atoms with van der Waals surface area (Å²) >= 11 is 0. The van der Waals surface area contributed by atoms with Gasteiger partial charge in [-0.25, -0.2) is 0 Å². The number of methoxy groups -OCH3 is 1. The number of alkyl halides is 3. The number of hydrogen-bond acceptors (Lipinski definition) is 6. The molecule has 0 spiro atoms. The van der Waals surface area contributed by atoms with E-state index >= 15 is 0 Å². The Kier molecular flexibility index (Phi) is 6.09. The highest BCUT2D eigenvalue weighted by Gasteiger charge is 2.41. The van der Waals surface area contributed by atoms with Crippen LogP contribution in [0.2, 0.25) is 0 Å². The average molecular weight is 497 g/mol. The summed E-state index contributed by atoms with van der Waals surface area (Å²) in [5, 5.41) is -0.0249. The second-order valence-electron chi connectivity index (χ2n) is 8.39. The van der Waals surface area contributed by atoms with Crippen LogP contribution in [0.1, 0.15) is 29.9 Å². The maximum Gasteiger partial charge on any atom is 0.453 e. The molecule has 9 heteroatoms. The Morgan fingerprint density at radius 2 is 1.67 bits per heavy atom. The lowest BCUT2D eigenvalue weighted by atomic mass is 10.0. The molecule has 5 rings (SSSR count). The van der Waals surface area contributed by atoms with Crippen molar-refractivity contribution < 1.29 is 31.8 Å². The van der Waals surface area contributed by atoms with E-state index in [1.54, 1.807) is 6.07 Å². The third-order valence-electron chi connectivity index (χ3n) is 6.19. The lowest BCUT2D eigenvalue weighted by Crippen LogP contribution is -2.34. The van der Waals surface area contributed by atoms with Crippen molar-refractivity contribution >= 4 is 11.0 Å². The van der Waals surface area contributed by atoms with Gasteiger partial charge in [0, 0.05) is 12.6 Å². The average Bonchev–Trinajstić information content (AvgIpc) is 2.89. The standard InChI is InChI=1S/C27H22F3NO5/c1-16(17-6-4-3-5-7-17)31-14-21-22(34-15-31)13-12-20-23(32)25(26(27(28,29)30)36-24(20)21)35-19-10-8-18(33-2)9-11-19/h3-13,16H,14-15H2,1-2H3. The van der Waals surface area contributed by atoms with Gasteiger partial charge in [-0.3, -0.25) is 9.69 Å². The number of benzene rings is 3. The molecule has 3 aromatic carbocycles. The van der Waals surface area contributed by atoms with Gasteiger partial charge in [-0.2, -0.15) is 13.2 Å². The van der Waals surface area contributed by atoms with Crippen LogP contribution < -0.4 is 19.6 Å². The van der Waals surface area contributed by atoms with E-state index in [1.807, 2.05) is 42.2 Å². The van der Waals surface area contributed by atoms with Crippen LogP contribution in [0.4, 0.5) is 13.2 Å². The van der Waals surface area contributed by atoms with Crippen molar-refractivity contribution in [3.63, 3.8) is 0 Å². The van der Waals surface area contributed by atoms with Gasteiger partial charge in [-0.05, 0) is 48.9 Å². The summed E-state index contributed by atoms with van der Waals surface area (Å²) in [6, 6.07) is 18.4. The molecule has 2 heterocycles. The molecular formula is C27H22F3NO5. The molecule has 0 saturated carbocycles. The fraction of sp³-hybridized carbons (Fsp3) is 0.222. The number of halogens is 3. The number of ether oxygens (including phenoxy) is 3. The molecule has 0 amide bonds. The normalized spacial score (nSPS) is 14.7. The van der Waals surface area contributed by atoms with Gasteiger partial charge in [0.05, 0.1) is 18.1 Å². The van der Waals surface area contributed by atoms with Gasteiger partial charge in [-0.15, -0.1) is 0 Å². The lowest BCUT2D eigenvalue weighted by Gasteiger charge is -2.34. The second kappa shape index (κ2) is 9.23. The highest BCUT2D eigenvalue weighted by molar-refractivity contribution is 5.84. The molecule has 0 saturated heterocycles. The van der Waals surface area contributed by atoms with Gasteiger partial charge in [0.15, 0.2) is 0 Å². The van der Waals surface area contributed by atoms with Gasteiger partial charge < -0.3 is 18.6 Å². The molecule has 0 N–H and O–H groups in total. The van der Waals surface area contributed by atoms with Crippen molar-refractivity contribution in [2.45, 2.75) is 25.7 Å². The van der Waals surface area contributed by atoms with E-state index < -0.39 is 23.1 Å². The third kappa shape index (κ3) is 4.37. The van der Waals surface area contributed by atoms with Crippen LogP contribution in [0.25, 0.3) is 11.0 Å². The molecule has 0 radical (unpaired) electrons. The van der Waals surface area contributed by atoms with Crippen LogP contribution in [0, 0.1) is 0 Å². The molecule has 1 aliphatic rings. The predicted molar refractivity (Wildman–Crippen MR) is 126 cm³/mol. The number of hydrogen-bond donors (Lipinski definition) is 0. The Bertz CT molecular complexity index is 1450. The Morgan fingerprint density at radius 1 is 0.972 bits per heavy atom. The maximum absolute atomic E-state index is 14.1. The molecule has 1 aromatic heterocycles. The topological polar surface area (TPSA) is 61.1 Å². The lowest BCUT2D eigenvalue weighted by molar-refractivity contribution is -0.154. The minimum atomic E-state index is -4.97.